The molecule has 100 valence electrons. The first-order valence-corrected chi connectivity index (χ1v) is 6.35. The van der Waals surface area contributed by atoms with Gasteiger partial charge in [0.25, 0.3) is 0 Å². The number of carbonyl (C=O) groups excluding carboxylic acids is 1. The molecule has 0 fully saturated rings. The SMILES string of the molecule is CCCCc1ccc(NC(=O)Nc2ccno2)cc1. The van der Waals surface area contributed by atoms with Crippen LogP contribution >= 0.6 is 0 Å². The highest BCUT2D eigenvalue weighted by molar-refractivity contribution is 5.98. The van der Waals surface area contributed by atoms with Crippen molar-refractivity contribution in [3.63, 3.8) is 0 Å². The average Bonchev–Trinajstić information content (AvgIpc) is 2.90. The minimum atomic E-state index is -0.349. The van der Waals surface area contributed by atoms with Crippen molar-refractivity contribution in [3.8, 4) is 0 Å². The monoisotopic (exact) mass is 259 g/mol. The highest BCUT2D eigenvalue weighted by Crippen LogP contribution is 2.12. The van der Waals surface area contributed by atoms with Gasteiger partial charge in [-0.15, -0.1) is 0 Å². The van der Waals surface area contributed by atoms with Crippen LogP contribution < -0.4 is 10.6 Å². The summed E-state index contributed by atoms with van der Waals surface area (Å²) in [4.78, 5) is 11.6. The molecule has 0 aliphatic carbocycles. The molecule has 0 spiro atoms. The van der Waals surface area contributed by atoms with E-state index in [0.29, 0.717) is 5.88 Å². The number of hydrogen-bond donors (Lipinski definition) is 2. The van der Waals surface area contributed by atoms with Crippen LogP contribution in [0.4, 0.5) is 16.4 Å². The molecule has 0 radical (unpaired) electrons. The number of aryl methyl sites for hydroxylation is 1. The van der Waals surface area contributed by atoms with Crippen LogP contribution in [-0.2, 0) is 6.42 Å². The number of nitrogens with one attached hydrogen (secondary N) is 2. The maximum absolute atomic E-state index is 11.6. The Morgan fingerprint density at radius 1 is 1.21 bits per heavy atom. The Balaban J connectivity index is 1.86. The van der Waals surface area contributed by atoms with Gasteiger partial charge in [0.15, 0.2) is 0 Å². The summed E-state index contributed by atoms with van der Waals surface area (Å²) in [5.74, 6) is 0.317. The van der Waals surface area contributed by atoms with Crippen molar-refractivity contribution in [2.45, 2.75) is 26.2 Å². The standard InChI is InChI=1S/C14H17N3O2/c1-2-3-4-11-5-7-12(8-6-11)16-14(18)17-13-9-10-15-19-13/h5-10H,2-4H2,1H3,(H2,16,17,18). The first-order chi connectivity index (χ1) is 9.28. The number of benzene rings is 1. The van der Waals surface area contributed by atoms with E-state index in [-0.39, 0.29) is 6.03 Å². The third-order valence-electron chi connectivity index (χ3n) is 2.71. The molecule has 1 aromatic heterocycles. The zero-order valence-corrected chi connectivity index (χ0v) is 10.8. The van der Waals surface area contributed by atoms with E-state index in [1.165, 1.54) is 24.6 Å². The van der Waals surface area contributed by atoms with Gasteiger partial charge in [-0.25, -0.2) is 4.79 Å². The predicted octanol–water partition coefficient (Wildman–Crippen LogP) is 3.66. The fourth-order valence-electron chi connectivity index (χ4n) is 1.69. The van der Waals surface area contributed by atoms with Gasteiger partial charge >= 0.3 is 6.03 Å². The number of anilines is 2. The van der Waals surface area contributed by atoms with E-state index in [9.17, 15) is 4.79 Å². The Hall–Kier alpha value is -2.30. The summed E-state index contributed by atoms with van der Waals surface area (Å²) in [6.45, 7) is 2.17. The van der Waals surface area contributed by atoms with Crippen molar-refractivity contribution in [2.24, 2.45) is 0 Å². The molecule has 0 atom stereocenters. The average molecular weight is 259 g/mol. The highest BCUT2D eigenvalue weighted by Gasteiger charge is 2.04. The van der Waals surface area contributed by atoms with Gasteiger partial charge in [0.2, 0.25) is 5.88 Å². The van der Waals surface area contributed by atoms with Crippen molar-refractivity contribution in [1.82, 2.24) is 5.16 Å². The molecule has 0 bridgehead atoms. The molecule has 1 heterocycles. The predicted molar refractivity (Wildman–Crippen MR) is 74.2 cm³/mol. The second-order valence-corrected chi connectivity index (χ2v) is 4.26. The molecule has 0 saturated carbocycles. The maximum Gasteiger partial charge on any atom is 0.326 e. The lowest BCUT2D eigenvalue weighted by Gasteiger charge is -2.06. The van der Waals surface area contributed by atoms with Gasteiger partial charge in [-0.2, -0.15) is 0 Å². The van der Waals surface area contributed by atoms with Crippen LogP contribution in [0.5, 0.6) is 0 Å². The van der Waals surface area contributed by atoms with E-state index in [0.717, 1.165) is 12.1 Å². The minimum Gasteiger partial charge on any atom is -0.338 e. The molecule has 0 aliphatic heterocycles. The molecule has 5 nitrogen and oxygen atoms in total. The van der Waals surface area contributed by atoms with Crippen molar-refractivity contribution >= 4 is 17.6 Å². The van der Waals surface area contributed by atoms with Gasteiger partial charge in [-0.3, -0.25) is 5.32 Å². The van der Waals surface area contributed by atoms with Crippen LogP contribution in [0, 0.1) is 0 Å². The van der Waals surface area contributed by atoms with Crippen LogP contribution in [0.3, 0.4) is 0 Å². The third-order valence-corrected chi connectivity index (χ3v) is 2.71. The molecular formula is C14H17N3O2. The summed E-state index contributed by atoms with van der Waals surface area (Å²) >= 11 is 0. The molecule has 0 unspecified atom stereocenters. The molecule has 2 amide bonds. The van der Waals surface area contributed by atoms with Gasteiger partial charge in [0.1, 0.15) is 0 Å². The van der Waals surface area contributed by atoms with Gasteiger partial charge in [0, 0.05) is 11.8 Å². The van der Waals surface area contributed by atoms with E-state index in [2.05, 4.69) is 22.7 Å². The fraction of sp³-hybridized carbons (Fsp3) is 0.286. The van der Waals surface area contributed by atoms with Gasteiger partial charge in [-0.1, -0.05) is 30.6 Å². The third kappa shape index (κ3) is 4.13. The molecule has 2 aromatic rings. The molecule has 2 N–H and O–H groups in total. The lowest BCUT2D eigenvalue weighted by molar-refractivity contribution is 0.261. The van der Waals surface area contributed by atoms with Gasteiger partial charge < -0.3 is 9.84 Å². The second kappa shape index (κ2) is 6.58. The Labute approximate surface area is 112 Å². The normalized spacial score (nSPS) is 10.2. The number of rotatable bonds is 5. The van der Waals surface area contributed by atoms with Crippen molar-refractivity contribution in [1.29, 1.82) is 0 Å². The molecular weight excluding hydrogens is 242 g/mol. The zero-order chi connectivity index (χ0) is 13.5. The number of amides is 2. The van der Waals surface area contributed by atoms with E-state index in [1.54, 1.807) is 6.07 Å². The van der Waals surface area contributed by atoms with Crippen LogP contribution in [-0.4, -0.2) is 11.2 Å². The number of urea groups is 1. The summed E-state index contributed by atoms with van der Waals surface area (Å²) in [7, 11) is 0. The van der Waals surface area contributed by atoms with E-state index in [4.69, 9.17) is 4.52 Å². The Morgan fingerprint density at radius 3 is 2.63 bits per heavy atom. The Bertz CT molecular complexity index is 506. The lowest BCUT2D eigenvalue weighted by atomic mass is 10.1. The first-order valence-electron chi connectivity index (χ1n) is 6.35. The second-order valence-electron chi connectivity index (χ2n) is 4.26. The van der Waals surface area contributed by atoms with Crippen molar-refractivity contribution in [3.05, 3.63) is 42.1 Å². The maximum atomic E-state index is 11.6. The van der Waals surface area contributed by atoms with Crippen LogP contribution in [0.2, 0.25) is 0 Å². The van der Waals surface area contributed by atoms with Crippen LogP contribution in [0.25, 0.3) is 0 Å². The molecule has 1 aromatic carbocycles. The molecule has 0 aliphatic rings. The molecule has 19 heavy (non-hydrogen) atoms. The summed E-state index contributed by atoms with van der Waals surface area (Å²) in [5, 5.41) is 8.77. The van der Waals surface area contributed by atoms with Crippen molar-refractivity contribution in [2.75, 3.05) is 10.6 Å². The summed E-state index contributed by atoms with van der Waals surface area (Å²) < 4.78 is 4.78. The summed E-state index contributed by atoms with van der Waals surface area (Å²) in [5.41, 5.74) is 2.03. The molecule has 0 saturated heterocycles. The van der Waals surface area contributed by atoms with Crippen molar-refractivity contribution < 1.29 is 9.32 Å². The largest absolute Gasteiger partial charge is 0.338 e. The van der Waals surface area contributed by atoms with Crippen LogP contribution in [0.1, 0.15) is 25.3 Å². The molecule has 2 rings (SSSR count). The van der Waals surface area contributed by atoms with Crippen LogP contribution in [0.15, 0.2) is 41.1 Å². The topological polar surface area (TPSA) is 67.2 Å². The number of nitrogens with zero attached hydrogens (tertiary/aromatic N) is 1. The number of unbranched alkanes of at least 4 members (excludes halogenated alkanes) is 1. The summed E-state index contributed by atoms with van der Waals surface area (Å²) in [6.07, 6.45) is 4.90. The Kier molecular flexibility index (Phi) is 4.55. The van der Waals surface area contributed by atoms with E-state index < -0.39 is 0 Å². The summed E-state index contributed by atoms with van der Waals surface area (Å²) in [6, 6.07) is 9.07. The van der Waals surface area contributed by atoms with E-state index >= 15 is 0 Å². The quantitative estimate of drug-likeness (QED) is 0.861. The number of hydrogen-bond acceptors (Lipinski definition) is 3. The number of aromatic nitrogens is 1. The minimum absolute atomic E-state index is 0.317. The Morgan fingerprint density at radius 2 is 2.00 bits per heavy atom. The molecule has 5 heteroatoms. The fourth-order valence-corrected chi connectivity index (χ4v) is 1.69. The van der Waals surface area contributed by atoms with Gasteiger partial charge in [0.05, 0.1) is 6.20 Å². The van der Waals surface area contributed by atoms with Gasteiger partial charge in [-0.05, 0) is 30.5 Å². The lowest BCUT2D eigenvalue weighted by Crippen LogP contribution is -2.18. The zero-order valence-electron chi connectivity index (χ0n) is 10.8. The van der Waals surface area contributed by atoms with E-state index in [1.807, 2.05) is 24.3 Å². The highest BCUT2D eigenvalue weighted by atomic mass is 16.5. The first kappa shape index (κ1) is 13.1. The smallest absolute Gasteiger partial charge is 0.326 e. The number of carbonyl (C=O) groups is 1.